The van der Waals surface area contributed by atoms with E-state index < -0.39 is 0 Å². The monoisotopic (exact) mass is 270 g/mol. The Morgan fingerprint density at radius 2 is 2.05 bits per heavy atom. The van der Waals surface area contributed by atoms with Crippen molar-refractivity contribution in [3.63, 3.8) is 0 Å². The van der Waals surface area contributed by atoms with E-state index >= 15 is 0 Å². The number of aromatic nitrogens is 3. The number of carbonyl (C=O) groups is 1. The minimum Gasteiger partial charge on any atom is -0.323 e. The van der Waals surface area contributed by atoms with E-state index in [4.69, 9.17) is 0 Å². The highest BCUT2D eigenvalue weighted by atomic mass is 16.1. The van der Waals surface area contributed by atoms with Crippen molar-refractivity contribution >= 4 is 11.6 Å². The van der Waals surface area contributed by atoms with Crippen LogP contribution in [0.3, 0.4) is 0 Å². The lowest BCUT2D eigenvalue weighted by atomic mass is 9.88. The summed E-state index contributed by atoms with van der Waals surface area (Å²) in [6.45, 7) is 0. The van der Waals surface area contributed by atoms with Crippen LogP contribution in [0.2, 0.25) is 0 Å². The van der Waals surface area contributed by atoms with E-state index in [-0.39, 0.29) is 11.8 Å². The van der Waals surface area contributed by atoms with Crippen molar-refractivity contribution in [3.8, 4) is 5.82 Å². The van der Waals surface area contributed by atoms with Gasteiger partial charge in [-0.2, -0.15) is 5.10 Å². The summed E-state index contributed by atoms with van der Waals surface area (Å²) in [5.74, 6) is 0.891. The second-order valence-corrected chi connectivity index (χ2v) is 5.15. The van der Waals surface area contributed by atoms with E-state index in [0.717, 1.165) is 25.7 Å². The van der Waals surface area contributed by atoms with Crippen LogP contribution in [0.4, 0.5) is 5.69 Å². The zero-order valence-electron chi connectivity index (χ0n) is 11.3. The van der Waals surface area contributed by atoms with Crippen molar-refractivity contribution in [2.75, 3.05) is 5.32 Å². The summed E-state index contributed by atoms with van der Waals surface area (Å²) in [5, 5.41) is 7.18. The van der Waals surface area contributed by atoms with E-state index in [1.165, 1.54) is 6.42 Å². The predicted octanol–water partition coefficient (Wildman–Crippen LogP) is 2.79. The van der Waals surface area contributed by atoms with Gasteiger partial charge in [0.1, 0.15) is 0 Å². The first-order valence-electron chi connectivity index (χ1n) is 7.10. The quantitative estimate of drug-likeness (QED) is 0.933. The van der Waals surface area contributed by atoms with Gasteiger partial charge >= 0.3 is 0 Å². The summed E-state index contributed by atoms with van der Waals surface area (Å²) in [7, 11) is 0. The number of nitrogens with zero attached hydrogens (tertiary/aromatic N) is 3. The summed E-state index contributed by atoms with van der Waals surface area (Å²) in [4.78, 5) is 16.6. The molecule has 0 aromatic carbocycles. The minimum atomic E-state index is 0.103. The van der Waals surface area contributed by atoms with Gasteiger partial charge in [0.15, 0.2) is 5.82 Å². The average Bonchev–Trinajstić information content (AvgIpc) is 3.03. The zero-order valence-corrected chi connectivity index (χ0v) is 11.3. The Labute approximate surface area is 118 Å². The Kier molecular flexibility index (Phi) is 3.76. The molecule has 104 valence electrons. The SMILES string of the molecule is O=C(Nc1cccnc1-n1cccn1)C1CCCCC1. The molecule has 0 unspecified atom stereocenters. The van der Waals surface area contributed by atoms with Crippen molar-refractivity contribution in [3.05, 3.63) is 36.8 Å². The molecule has 1 amide bonds. The maximum Gasteiger partial charge on any atom is 0.227 e. The zero-order chi connectivity index (χ0) is 13.8. The van der Waals surface area contributed by atoms with Gasteiger partial charge in [-0.3, -0.25) is 4.79 Å². The summed E-state index contributed by atoms with van der Waals surface area (Å²) in [5.41, 5.74) is 0.715. The number of nitrogens with one attached hydrogen (secondary N) is 1. The molecule has 0 aliphatic heterocycles. The molecular weight excluding hydrogens is 252 g/mol. The van der Waals surface area contributed by atoms with Gasteiger partial charge in [-0.25, -0.2) is 9.67 Å². The lowest BCUT2D eigenvalue weighted by molar-refractivity contribution is -0.120. The van der Waals surface area contributed by atoms with Crippen LogP contribution in [0.1, 0.15) is 32.1 Å². The van der Waals surface area contributed by atoms with Crippen LogP contribution in [-0.2, 0) is 4.79 Å². The van der Waals surface area contributed by atoms with Gasteiger partial charge in [0, 0.05) is 24.5 Å². The summed E-state index contributed by atoms with van der Waals surface area (Å²) < 4.78 is 1.66. The number of pyridine rings is 1. The van der Waals surface area contributed by atoms with E-state index in [1.807, 2.05) is 24.4 Å². The molecule has 1 aliphatic carbocycles. The first-order valence-corrected chi connectivity index (χ1v) is 7.10. The standard InChI is InChI=1S/C15H18N4O/c20-15(12-6-2-1-3-7-12)18-13-8-4-9-16-14(13)19-11-5-10-17-19/h4-5,8-12H,1-3,6-7H2,(H,18,20). The second kappa shape index (κ2) is 5.86. The molecule has 0 atom stereocenters. The maximum absolute atomic E-state index is 12.3. The van der Waals surface area contributed by atoms with Crippen molar-refractivity contribution in [1.29, 1.82) is 0 Å². The third-order valence-corrected chi connectivity index (χ3v) is 3.74. The van der Waals surface area contributed by atoms with Crippen molar-refractivity contribution < 1.29 is 4.79 Å². The lowest BCUT2D eigenvalue weighted by Crippen LogP contribution is -2.25. The van der Waals surface area contributed by atoms with Crippen LogP contribution in [-0.4, -0.2) is 20.7 Å². The topological polar surface area (TPSA) is 59.8 Å². The van der Waals surface area contributed by atoms with Gasteiger partial charge in [-0.1, -0.05) is 19.3 Å². The average molecular weight is 270 g/mol. The number of hydrogen-bond donors (Lipinski definition) is 1. The Balaban J connectivity index is 1.79. The van der Waals surface area contributed by atoms with Crippen LogP contribution in [0.15, 0.2) is 36.8 Å². The lowest BCUT2D eigenvalue weighted by Gasteiger charge is -2.21. The fourth-order valence-electron chi connectivity index (χ4n) is 2.67. The fourth-order valence-corrected chi connectivity index (χ4v) is 2.67. The first-order chi connectivity index (χ1) is 9.84. The van der Waals surface area contributed by atoms with E-state index in [0.29, 0.717) is 11.5 Å². The van der Waals surface area contributed by atoms with Crippen LogP contribution >= 0.6 is 0 Å². The smallest absolute Gasteiger partial charge is 0.227 e. The number of carbonyl (C=O) groups excluding carboxylic acids is 1. The molecule has 1 fully saturated rings. The molecule has 3 rings (SSSR count). The highest BCUT2D eigenvalue weighted by molar-refractivity contribution is 5.94. The number of amides is 1. The molecule has 1 saturated carbocycles. The Hall–Kier alpha value is -2.17. The molecule has 2 aromatic rings. The molecule has 0 saturated heterocycles. The third-order valence-electron chi connectivity index (χ3n) is 3.74. The molecule has 0 spiro atoms. The molecule has 2 aromatic heterocycles. The normalized spacial score (nSPS) is 16.0. The molecule has 0 radical (unpaired) electrons. The van der Waals surface area contributed by atoms with Crippen molar-refractivity contribution in [1.82, 2.24) is 14.8 Å². The largest absolute Gasteiger partial charge is 0.323 e. The minimum absolute atomic E-state index is 0.103. The van der Waals surface area contributed by atoms with Gasteiger partial charge in [-0.05, 0) is 31.0 Å². The molecule has 1 N–H and O–H groups in total. The van der Waals surface area contributed by atoms with Gasteiger partial charge < -0.3 is 5.32 Å². The molecule has 5 heteroatoms. The highest BCUT2D eigenvalue weighted by Gasteiger charge is 2.22. The van der Waals surface area contributed by atoms with Gasteiger partial charge in [0.25, 0.3) is 0 Å². The van der Waals surface area contributed by atoms with Gasteiger partial charge in [-0.15, -0.1) is 0 Å². The number of anilines is 1. The van der Waals surface area contributed by atoms with E-state index in [2.05, 4.69) is 15.4 Å². The summed E-state index contributed by atoms with van der Waals surface area (Å²) in [6.07, 6.45) is 10.7. The van der Waals surface area contributed by atoms with Crippen LogP contribution in [0.25, 0.3) is 5.82 Å². The number of rotatable bonds is 3. The second-order valence-electron chi connectivity index (χ2n) is 5.15. The van der Waals surface area contributed by atoms with Crippen LogP contribution < -0.4 is 5.32 Å². The Morgan fingerprint density at radius 3 is 2.80 bits per heavy atom. The fraction of sp³-hybridized carbons (Fsp3) is 0.400. The molecule has 2 heterocycles. The van der Waals surface area contributed by atoms with Crippen LogP contribution in [0, 0.1) is 5.92 Å². The Morgan fingerprint density at radius 1 is 1.20 bits per heavy atom. The van der Waals surface area contributed by atoms with E-state index in [1.54, 1.807) is 17.1 Å². The van der Waals surface area contributed by atoms with Gasteiger partial charge in [0.2, 0.25) is 5.91 Å². The molecule has 20 heavy (non-hydrogen) atoms. The van der Waals surface area contributed by atoms with Gasteiger partial charge in [0.05, 0.1) is 5.69 Å². The van der Waals surface area contributed by atoms with Crippen molar-refractivity contribution in [2.45, 2.75) is 32.1 Å². The third kappa shape index (κ3) is 2.71. The van der Waals surface area contributed by atoms with E-state index in [9.17, 15) is 4.79 Å². The maximum atomic E-state index is 12.3. The summed E-state index contributed by atoms with van der Waals surface area (Å²) in [6, 6.07) is 5.52. The molecule has 5 nitrogen and oxygen atoms in total. The molecule has 1 aliphatic rings. The molecule has 0 bridgehead atoms. The number of hydrogen-bond acceptors (Lipinski definition) is 3. The highest BCUT2D eigenvalue weighted by Crippen LogP contribution is 2.26. The summed E-state index contributed by atoms with van der Waals surface area (Å²) >= 11 is 0. The Bertz CT molecular complexity index is 573. The van der Waals surface area contributed by atoms with Crippen LogP contribution in [0.5, 0.6) is 0 Å². The predicted molar refractivity (Wildman–Crippen MR) is 76.6 cm³/mol. The van der Waals surface area contributed by atoms with Crippen molar-refractivity contribution in [2.24, 2.45) is 5.92 Å². The first kappa shape index (κ1) is 12.8. The molecular formula is C15H18N4O.